The molecule has 0 spiro atoms. The number of rotatable bonds is 4. The maximum atomic E-state index is 12.2. The number of esters is 1. The molecule has 1 N–H and O–H groups in total. The molecule has 9 heteroatoms. The molecule has 0 atom stereocenters. The minimum atomic E-state index is -4.87. The molecular weight excluding hydrogens is 448 g/mol. The van der Waals surface area contributed by atoms with Crippen LogP contribution in [0.2, 0.25) is 0 Å². The average Bonchev–Trinajstić information content (AvgIpc) is 2.29. The van der Waals surface area contributed by atoms with Gasteiger partial charge >= 0.3 is 126 Å². The molecule has 0 aliphatic heterocycles. The van der Waals surface area contributed by atoms with Gasteiger partial charge in [0.1, 0.15) is 0 Å². The Morgan fingerprint density at radius 3 is 2.58 bits per heavy atom. The molecule has 0 amide bonds. The third kappa shape index (κ3) is 4.80. The first-order chi connectivity index (χ1) is 8.78. The van der Waals surface area contributed by atoms with E-state index in [1.54, 1.807) is 6.92 Å². The number of carbonyl (C=O) groups is 1. The summed E-state index contributed by atoms with van der Waals surface area (Å²) in [7, 11) is 0. The van der Waals surface area contributed by atoms with Crippen LogP contribution in [0.15, 0.2) is 16.6 Å². The molecule has 0 fully saturated rings. The average molecular weight is 456 g/mol. The molecule has 0 saturated carbocycles. The number of benzene rings is 1. The molecule has 1 rings (SSSR count). The van der Waals surface area contributed by atoms with Crippen molar-refractivity contribution in [2.75, 3.05) is 6.61 Å². The van der Waals surface area contributed by atoms with Crippen molar-refractivity contribution >= 4 is 21.9 Å². The van der Waals surface area contributed by atoms with Crippen molar-refractivity contribution in [2.24, 2.45) is 0 Å². The maximum absolute atomic E-state index is 12.2. The van der Waals surface area contributed by atoms with Crippen LogP contribution in [0.25, 0.3) is 0 Å². The van der Waals surface area contributed by atoms with Gasteiger partial charge in [0.2, 0.25) is 0 Å². The molecule has 0 aliphatic rings. The summed E-state index contributed by atoms with van der Waals surface area (Å²) in [6.07, 6.45) is -4.87. The molecule has 108 valence electrons. The third-order valence-electron chi connectivity index (χ3n) is 1.83. The second-order valence-electron chi connectivity index (χ2n) is 3.12. The summed E-state index contributed by atoms with van der Waals surface area (Å²) in [6, 6.07) is 2.13. The monoisotopic (exact) mass is 455 g/mol. The van der Waals surface area contributed by atoms with Crippen molar-refractivity contribution in [3.8, 4) is 5.75 Å². The van der Waals surface area contributed by atoms with E-state index in [-0.39, 0.29) is 20.2 Å². The van der Waals surface area contributed by atoms with E-state index in [2.05, 4.69) is 20.7 Å². The number of hydrogen-bond donors (Lipinski definition) is 1. The summed E-state index contributed by atoms with van der Waals surface area (Å²) in [4.78, 5) is 11.6. The molecule has 19 heavy (non-hydrogen) atoms. The van der Waals surface area contributed by atoms with Gasteiger partial charge in [-0.2, -0.15) is 0 Å². The minimum absolute atomic E-state index is 0.00150. The number of ether oxygens (including phenoxy) is 2. The second-order valence-corrected chi connectivity index (χ2v) is 5.61. The quantitative estimate of drug-likeness (QED) is 0.500. The Morgan fingerprint density at radius 1 is 1.47 bits per heavy atom. The number of alkyl halides is 3. The standard InChI is InChI=1S/C10H8BrF3IO4/c1-2-18-9(16)5-3-8(19-10(12,13)14)6(11)4-7(5)15-17/h3-4,17H,2H2,1H3/q-1. The second kappa shape index (κ2) is 6.75. The Labute approximate surface area is 125 Å². The van der Waals surface area contributed by atoms with E-state index < -0.39 is 39.7 Å². The fourth-order valence-corrected chi connectivity index (χ4v) is 3.11. The Hall–Kier alpha value is -0.550. The number of hydrogen-bond acceptors (Lipinski definition) is 4. The molecule has 0 heterocycles. The normalized spacial score (nSPS) is 11.5. The van der Waals surface area contributed by atoms with Crippen molar-refractivity contribution in [2.45, 2.75) is 13.3 Å². The van der Waals surface area contributed by atoms with Gasteiger partial charge in [-0.3, -0.25) is 0 Å². The van der Waals surface area contributed by atoms with Gasteiger partial charge in [0.05, 0.1) is 0 Å². The predicted molar refractivity (Wildman–Crippen MR) is 57.7 cm³/mol. The zero-order chi connectivity index (χ0) is 14.6. The van der Waals surface area contributed by atoms with Gasteiger partial charge in [-0.25, -0.2) is 0 Å². The first-order valence-electron chi connectivity index (χ1n) is 4.83. The molecule has 0 aliphatic carbocycles. The van der Waals surface area contributed by atoms with Gasteiger partial charge in [-0.15, -0.1) is 0 Å². The summed E-state index contributed by atoms with van der Waals surface area (Å²) in [5.74, 6) is -1.36. The van der Waals surface area contributed by atoms with Crippen LogP contribution in [0.1, 0.15) is 17.3 Å². The fourth-order valence-electron chi connectivity index (χ4n) is 1.17. The summed E-state index contributed by atoms with van der Waals surface area (Å²) in [6.45, 7) is 1.64. The van der Waals surface area contributed by atoms with Gasteiger partial charge in [-0.1, -0.05) is 0 Å². The van der Waals surface area contributed by atoms with E-state index >= 15 is 0 Å². The van der Waals surface area contributed by atoms with Crippen LogP contribution >= 0.6 is 15.9 Å². The summed E-state index contributed by atoms with van der Waals surface area (Å²) in [5, 5.41) is 0. The molecule has 1 aromatic carbocycles. The van der Waals surface area contributed by atoms with Crippen LogP contribution in [0, 0.1) is 3.57 Å². The van der Waals surface area contributed by atoms with E-state index in [1.807, 2.05) is 0 Å². The topological polar surface area (TPSA) is 55.8 Å². The van der Waals surface area contributed by atoms with Gasteiger partial charge in [0.15, 0.2) is 0 Å². The first kappa shape index (κ1) is 16.5. The van der Waals surface area contributed by atoms with Crippen molar-refractivity contribution in [3.05, 3.63) is 25.7 Å². The van der Waals surface area contributed by atoms with Crippen molar-refractivity contribution in [1.29, 1.82) is 0 Å². The Morgan fingerprint density at radius 2 is 2.11 bits per heavy atom. The van der Waals surface area contributed by atoms with Gasteiger partial charge < -0.3 is 0 Å². The van der Waals surface area contributed by atoms with Crippen LogP contribution < -0.4 is 26.4 Å². The summed E-state index contributed by atoms with van der Waals surface area (Å²) < 4.78 is 54.5. The molecular formula is C10H8BrF3IO4-. The predicted octanol–water partition coefficient (Wildman–Crippen LogP) is -0.310. The molecule has 0 bridgehead atoms. The van der Waals surface area contributed by atoms with Crippen molar-refractivity contribution in [1.82, 2.24) is 0 Å². The van der Waals surface area contributed by atoms with Crippen LogP contribution in [0.5, 0.6) is 5.75 Å². The Bertz CT molecular complexity index is 479. The van der Waals surface area contributed by atoms with Crippen LogP contribution in [0.4, 0.5) is 13.2 Å². The van der Waals surface area contributed by atoms with E-state index in [1.165, 1.54) is 6.07 Å². The zero-order valence-electron chi connectivity index (χ0n) is 9.42. The van der Waals surface area contributed by atoms with Crippen LogP contribution in [0.3, 0.4) is 0 Å². The van der Waals surface area contributed by atoms with Gasteiger partial charge in [0.25, 0.3) is 0 Å². The van der Waals surface area contributed by atoms with E-state index in [4.69, 9.17) is 4.74 Å². The summed E-state index contributed by atoms with van der Waals surface area (Å²) >= 11 is 1.40. The first-order valence-corrected chi connectivity index (χ1v) is 7.67. The fraction of sp³-hybridized carbons (Fsp3) is 0.300. The zero-order valence-corrected chi connectivity index (χ0v) is 13.2. The van der Waals surface area contributed by atoms with E-state index in [0.29, 0.717) is 0 Å². The SMILES string of the molecule is CCOC(=O)c1cc(OC(F)(F)F)c(Br)cc1[I-]O. The van der Waals surface area contributed by atoms with E-state index in [0.717, 1.165) is 6.07 Å². The molecule has 0 saturated heterocycles. The molecule has 4 nitrogen and oxygen atoms in total. The van der Waals surface area contributed by atoms with Crippen molar-refractivity contribution in [3.63, 3.8) is 0 Å². The molecule has 0 radical (unpaired) electrons. The van der Waals surface area contributed by atoms with Crippen molar-refractivity contribution < 1.29 is 52.5 Å². The molecule has 0 aromatic heterocycles. The number of halogens is 5. The third-order valence-corrected chi connectivity index (χ3v) is 3.87. The number of carbonyl (C=O) groups excluding carboxylic acids is 1. The molecule has 0 unspecified atom stereocenters. The van der Waals surface area contributed by atoms with Crippen LogP contribution in [-0.2, 0) is 4.74 Å². The van der Waals surface area contributed by atoms with Crippen LogP contribution in [-0.4, -0.2) is 22.4 Å². The molecule has 1 aromatic rings. The van der Waals surface area contributed by atoms with Gasteiger partial charge in [0, 0.05) is 0 Å². The Kier molecular flexibility index (Phi) is 5.86. The summed E-state index contributed by atoms with van der Waals surface area (Å²) in [5.41, 5.74) is -0.125. The van der Waals surface area contributed by atoms with E-state index in [9.17, 15) is 21.4 Å². The Balaban J connectivity index is 3.21. The van der Waals surface area contributed by atoms with Gasteiger partial charge in [-0.05, 0) is 0 Å².